The third-order valence-electron chi connectivity index (χ3n) is 3.56. The van der Waals surface area contributed by atoms with Crippen molar-refractivity contribution >= 4 is 11.4 Å². The Morgan fingerprint density at radius 2 is 1.95 bits per heavy atom. The molecule has 0 aliphatic rings. The van der Waals surface area contributed by atoms with Crippen LogP contribution in [0.15, 0.2) is 36.5 Å². The van der Waals surface area contributed by atoms with Gasteiger partial charge in [0.1, 0.15) is 0 Å². The average Bonchev–Trinajstić information content (AvgIpc) is 2.99. The lowest BCUT2D eigenvalue weighted by molar-refractivity contribution is 0.302. The lowest BCUT2D eigenvalue weighted by Crippen LogP contribution is -2.25. The summed E-state index contributed by atoms with van der Waals surface area (Å²) in [7, 11) is 0. The molecule has 0 fully saturated rings. The van der Waals surface area contributed by atoms with Crippen LogP contribution in [0.4, 0.5) is 11.4 Å². The zero-order valence-corrected chi connectivity index (χ0v) is 12.8. The Bertz CT molecular complexity index is 535. The molecule has 2 N–H and O–H groups in total. The van der Waals surface area contributed by atoms with Crippen molar-refractivity contribution in [3.8, 4) is 0 Å². The standard InChI is InChI=1S/C16H24N4O/c1-3-19(11-12-21)15-7-5-14(6-8-15)17-13-16-9-10-18-20(16)4-2/h5-10,17,21H,3-4,11-13H2,1-2H3. The topological polar surface area (TPSA) is 53.3 Å². The Kier molecular flexibility index (Phi) is 5.63. The number of aryl methyl sites for hydroxylation is 1. The molecule has 5 nitrogen and oxygen atoms in total. The molecule has 0 saturated carbocycles. The molecule has 0 radical (unpaired) electrons. The zero-order chi connectivity index (χ0) is 15.1. The van der Waals surface area contributed by atoms with Gasteiger partial charge in [-0.3, -0.25) is 4.68 Å². The fourth-order valence-corrected chi connectivity index (χ4v) is 2.37. The Hall–Kier alpha value is -2.01. The molecular formula is C16H24N4O. The number of hydrogen-bond acceptors (Lipinski definition) is 4. The predicted molar refractivity (Wildman–Crippen MR) is 86.6 cm³/mol. The summed E-state index contributed by atoms with van der Waals surface area (Å²) in [5.74, 6) is 0. The number of likely N-dealkylation sites (N-methyl/N-ethyl adjacent to an activating group) is 1. The highest BCUT2D eigenvalue weighted by Crippen LogP contribution is 2.18. The van der Waals surface area contributed by atoms with Gasteiger partial charge in [-0.15, -0.1) is 0 Å². The number of aliphatic hydroxyl groups is 1. The van der Waals surface area contributed by atoms with E-state index in [1.807, 2.05) is 16.9 Å². The molecule has 0 bridgehead atoms. The van der Waals surface area contributed by atoms with Crippen molar-refractivity contribution in [2.45, 2.75) is 26.9 Å². The highest BCUT2D eigenvalue weighted by molar-refractivity contribution is 5.55. The molecule has 0 saturated heterocycles. The maximum Gasteiger partial charge on any atom is 0.0606 e. The maximum atomic E-state index is 9.06. The van der Waals surface area contributed by atoms with Gasteiger partial charge in [0.25, 0.3) is 0 Å². The Labute approximate surface area is 126 Å². The third kappa shape index (κ3) is 3.98. The summed E-state index contributed by atoms with van der Waals surface area (Å²) in [6.45, 7) is 7.56. The van der Waals surface area contributed by atoms with Gasteiger partial charge in [0.2, 0.25) is 0 Å². The van der Waals surface area contributed by atoms with Gasteiger partial charge in [-0.05, 0) is 44.2 Å². The van der Waals surface area contributed by atoms with Crippen LogP contribution in [0.3, 0.4) is 0 Å². The molecule has 114 valence electrons. The quantitative estimate of drug-likeness (QED) is 0.783. The number of benzene rings is 1. The number of hydrogen-bond donors (Lipinski definition) is 2. The van der Waals surface area contributed by atoms with Crippen molar-refractivity contribution < 1.29 is 5.11 Å². The summed E-state index contributed by atoms with van der Waals surface area (Å²) in [4.78, 5) is 2.15. The molecule has 1 aromatic carbocycles. The van der Waals surface area contributed by atoms with Gasteiger partial charge in [0.15, 0.2) is 0 Å². The molecule has 5 heteroatoms. The van der Waals surface area contributed by atoms with Gasteiger partial charge in [0, 0.05) is 37.2 Å². The second kappa shape index (κ2) is 7.69. The lowest BCUT2D eigenvalue weighted by Gasteiger charge is -2.22. The zero-order valence-electron chi connectivity index (χ0n) is 12.8. The monoisotopic (exact) mass is 288 g/mol. The first kappa shape index (κ1) is 15.4. The van der Waals surface area contributed by atoms with Gasteiger partial charge in [-0.2, -0.15) is 5.10 Å². The van der Waals surface area contributed by atoms with Gasteiger partial charge in [-0.25, -0.2) is 0 Å². The van der Waals surface area contributed by atoms with E-state index in [-0.39, 0.29) is 6.61 Å². The van der Waals surface area contributed by atoms with Crippen molar-refractivity contribution in [3.05, 3.63) is 42.2 Å². The Morgan fingerprint density at radius 3 is 2.57 bits per heavy atom. The van der Waals surface area contributed by atoms with E-state index in [2.05, 4.69) is 53.4 Å². The van der Waals surface area contributed by atoms with Gasteiger partial charge < -0.3 is 15.3 Å². The highest BCUT2D eigenvalue weighted by atomic mass is 16.3. The normalized spacial score (nSPS) is 10.6. The first-order chi connectivity index (χ1) is 10.3. The fraction of sp³-hybridized carbons (Fsp3) is 0.438. The minimum Gasteiger partial charge on any atom is -0.395 e. The molecule has 2 rings (SSSR count). The van der Waals surface area contributed by atoms with Crippen LogP contribution < -0.4 is 10.2 Å². The summed E-state index contributed by atoms with van der Waals surface area (Å²) in [6, 6.07) is 10.3. The van der Waals surface area contributed by atoms with E-state index in [4.69, 9.17) is 5.11 Å². The largest absolute Gasteiger partial charge is 0.395 e. The van der Waals surface area contributed by atoms with Crippen LogP contribution in [-0.2, 0) is 13.1 Å². The van der Waals surface area contributed by atoms with E-state index in [0.717, 1.165) is 31.0 Å². The Balaban J connectivity index is 1.96. The number of anilines is 2. The second-order valence-electron chi connectivity index (χ2n) is 4.84. The van der Waals surface area contributed by atoms with E-state index in [1.54, 1.807) is 0 Å². The van der Waals surface area contributed by atoms with Crippen LogP contribution in [-0.4, -0.2) is 34.6 Å². The van der Waals surface area contributed by atoms with Gasteiger partial charge in [0.05, 0.1) is 18.8 Å². The summed E-state index contributed by atoms with van der Waals surface area (Å²) in [5.41, 5.74) is 3.40. The molecule has 0 spiro atoms. The van der Waals surface area contributed by atoms with Crippen molar-refractivity contribution in [2.24, 2.45) is 0 Å². The van der Waals surface area contributed by atoms with Crippen molar-refractivity contribution in [2.75, 3.05) is 29.9 Å². The Morgan fingerprint density at radius 1 is 1.19 bits per heavy atom. The maximum absolute atomic E-state index is 9.06. The van der Waals surface area contributed by atoms with Crippen molar-refractivity contribution in [1.29, 1.82) is 0 Å². The molecule has 1 aromatic heterocycles. The van der Waals surface area contributed by atoms with Crippen LogP contribution in [0, 0.1) is 0 Å². The summed E-state index contributed by atoms with van der Waals surface area (Å²) in [6.07, 6.45) is 1.83. The van der Waals surface area contributed by atoms with E-state index < -0.39 is 0 Å². The number of nitrogens with zero attached hydrogens (tertiary/aromatic N) is 3. The molecule has 2 aromatic rings. The van der Waals surface area contributed by atoms with E-state index in [9.17, 15) is 0 Å². The van der Waals surface area contributed by atoms with Crippen LogP contribution in [0.1, 0.15) is 19.5 Å². The predicted octanol–water partition coefficient (Wildman–Crippen LogP) is 2.33. The number of aliphatic hydroxyl groups excluding tert-OH is 1. The minimum absolute atomic E-state index is 0.175. The third-order valence-corrected chi connectivity index (χ3v) is 3.56. The lowest BCUT2D eigenvalue weighted by atomic mass is 10.2. The van der Waals surface area contributed by atoms with Crippen molar-refractivity contribution in [1.82, 2.24) is 9.78 Å². The molecule has 0 atom stereocenters. The summed E-state index contributed by atoms with van der Waals surface area (Å²) >= 11 is 0. The van der Waals surface area contributed by atoms with Crippen LogP contribution in [0.2, 0.25) is 0 Å². The van der Waals surface area contributed by atoms with Crippen LogP contribution in [0.25, 0.3) is 0 Å². The van der Waals surface area contributed by atoms with E-state index in [1.165, 1.54) is 5.69 Å². The van der Waals surface area contributed by atoms with E-state index in [0.29, 0.717) is 6.54 Å². The molecule has 0 unspecified atom stereocenters. The second-order valence-corrected chi connectivity index (χ2v) is 4.84. The molecule has 0 aliphatic heterocycles. The van der Waals surface area contributed by atoms with Gasteiger partial charge >= 0.3 is 0 Å². The average molecular weight is 288 g/mol. The van der Waals surface area contributed by atoms with E-state index >= 15 is 0 Å². The number of nitrogens with one attached hydrogen (secondary N) is 1. The molecule has 21 heavy (non-hydrogen) atoms. The molecule has 0 aliphatic carbocycles. The highest BCUT2D eigenvalue weighted by Gasteiger charge is 2.04. The SMILES string of the molecule is CCN(CCO)c1ccc(NCc2ccnn2CC)cc1. The smallest absolute Gasteiger partial charge is 0.0606 e. The minimum atomic E-state index is 0.175. The first-order valence-electron chi connectivity index (χ1n) is 7.49. The van der Waals surface area contributed by atoms with Gasteiger partial charge in [-0.1, -0.05) is 0 Å². The van der Waals surface area contributed by atoms with Crippen molar-refractivity contribution in [3.63, 3.8) is 0 Å². The molecule has 1 heterocycles. The number of rotatable bonds is 8. The van der Waals surface area contributed by atoms with Crippen LogP contribution in [0.5, 0.6) is 0 Å². The molecular weight excluding hydrogens is 264 g/mol. The number of aromatic nitrogens is 2. The molecule has 0 amide bonds. The summed E-state index contributed by atoms with van der Waals surface area (Å²) < 4.78 is 1.99. The summed E-state index contributed by atoms with van der Waals surface area (Å²) in [5, 5.41) is 16.7. The first-order valence-corrected chi connectivity index (χ1v) is 7.49. The fourth-order valence-electron chi connectivity index (χ4n) is 2.37. The van der Waals surface area contributed by atoms with Crippen LogP contribution >= 0.6 is 0 Å².